The zero-order chi connectivity index (χ0) is 10.1. The summed E-state index contributed by atoms with van der Waals surface area (Å²) in [5.74, 6) is 0.250. The van der Waals surface area contributed by atoms with Gasteiger partial charge in [-0.1, -0.05) is 6.07 Å². The highest BCUT2D eigenvalue weighted by Crippen LogP contribution is 2.39. The maximum Gasteiger partial charge on any atom is 0.303 e. The third kappa shape index (κ3) is 1.45. The Kier molecular flexibility index (Phi) is 2.15. The fourth-order valence-corrected chi connectivity index (χ4v) is 1.90. The molecule has 0 bridgehead atoms. The van der Waals surface area contributed by atoms with Crippen molar-refractivity contribution in [2.45, 2.75) is 18.8 Å². The van der Waals surface area contributed by atoms with E-state index in [9.17, 15) is 4.79 Å². The zero-order valence-corrected chi connectivity index (χ0v) is 7.99. The van der Waals surface area contributed by atoms with E-state index in [0.29, 0.717) is 0 Å². The Bertz CT molecular complexity index is 371. The maximum atomic E-state index is 10.5. The summed E-state index contributed by atoms with van der Waals surface area (Å²) in [5.41, 5.74) is 2.38. The summed E-state index contributed by atoms with van der Waals surface area (Å²) >= 11 is 0. The molecule has 0 aliphatic heterocycles. The van der Waals surface area contributed by atoms with E-state index < -0.39 is 5.97 Å². The minimum atomic E-state index is -0.733. The molecule has 1 aromatic carbocycles. The molecule has 0 radical (unpaired) electrons. The molecule has 0 saturated carbocycles. The summed E-state index contributed by atoms with van der Waals surface area (Å²) in [5, 5.41) is 8.67. The van der Waals surface area contributed by atoms with Gasteiger partial charge in [-0.25, -0.2) is 0 Å². The number of aliphatic carboxylic acids is 1. The molecule has 0 spiro atoms. The average molecular weight is 192 g/mol. The van der Waals surface area contributed by atoms with E-state index in [1.54, 1.807) is 7.11 Å². The van der Waals surface area contributed by atoms with Crippen LogP contribution in [0.3, 0.4) is 0 Å². The monoisotopic (exact) mass is 192 g/mol. The van der Waals surface area contributed by atoms with Gasteiger partial charge in [0, 0.05) is 0 Å². The van der Waals surface area contributed by atoms with Crippen LogP contribution in [-0.4, -0.2) is 18.2 Å². The molecule has 1 aromatic rings. The first-order valence-electron chi connectivity index (χ1n) is 4.59. The van der Waals surface area contributed by atoms with Crippen molar-refractivity contribution in [3.05, 3.63) is 29.3 Å². The summed E-state index contributed by atoms with van der Waals surface area (Å²) in [6.07, 6.45) is 1.10. The van der Waals surface area contributed by atoms with Gasteiger partial charge in [-0.3, -0.25) is 4.79 Å². The number of carboxylic acids is 1. The smallest absolute Gasteiger partial charge is 0.303 e. The molecule has 1 N–H and O–H groups in total. The van der Waals surface area contributed by atoms with Gasteiger partial charge in [-0.2, -0.15) is 0 Å². The van der Waals surface area contributed by atoms with Crippen molar-refractivity contribution in [1.29, 1.82) is 0 Å². The third-order valence-corrected chi connectivity index (χ3v) is 2.68. The number of methoxy groups -OCH3 is 1. The molecule has 3 nitrogen and oxygen atoms in total. The Morgan fingerprint density at radius 1 is 1.64 bits per heavy atom. The van der Waals surface area contributed by atoms with Crippen molar-refractivity contribution < 1.29 is 14.6 Å². The number of fused-ring (bicyclic) bond motifs is 1. The van der Waals surface area contributed by atoms with E-state index in [-0.39, 0.29) is 12.3 Å². The summed E-state index contributed by atoms with van der Waals surface area (Å²) in [7, 11) is 1.62. The third-order valence-electron chi connectivity index (χ3n) is 2.68. The molecule has 0 fully saturated rings. The first kappa shape index (κ1) is 9.06. The number of hydrogen-bond donors (Lipinski definition) is 1. The second-order valence-corrected chi connectivity index (χ2v) is 3.56. The molecular formula is C11H12O3. The molecule has 0 amide bonds. The van der Waals surface area contributed by atoms with Gasteiger partial charge in [0.1, 0.15) is 5.75 Å². The Morgan fingerprint density at radius 2 is 2.43 bits per heavy atom. The minimum Gasteiger partial charge on any atom is -0.497 e. The van der Waals surface area contributed by atoms with E-state index >= 15 is 0 Å². The van der Waals surface area contributed by atoms with Crippen LogP contribution in [0.1, 0.15) is 23.5 Å². The van der Waals surface area contributed by atoms with E-state index in [2.05, 4.69) is 0 Å². The lowest BCUT2D eigenvalue weighted by molar-refractivity contribution is -0.137. The van der Waals surface area contributed by atoms with Gasteiger partial charge in [-0.15, -0.1) is 0 Å². The van der Waals surface area contributed by atoms with Crippen molar-refractivity contribution in [2.75, 3.05) is 7.11 Å². The number of rotatable bonds is 3. The highest BCUT2D eigenvalue weighted by Gasteiger charge is 2.28. The highest BCUT2D eigenvalue weighted by molar-refractivity contribution is 5.69. The second kappa shape index (κ2) is 3.33. The molecular weight excluding hydrogens is 180 g/mol. The summed E-state index contributed by atoms with van der Waals surface area (Å²) < 4.78 is 5.09. The lowest BCUT2D eigenvalue weighted by atomic mass is 9.76. The Balaban J connectivity index is 2.19. The van der Waals surface area contributed by atoms with Crippen molar-refractivity contribution in [3.8, 4) is 5.75 Å². The van der Waals surface area contributed by atoms with Crippen molar-refractivity contribution in [1.82, 2.24) is 0 Å². The van der Waals surface area contributed by atoms with Crippen molar-refractivity contribution in [2.24, 2.45) is 0 Å². The van der Waals surface area contributed by atoms with Crippen LogP contribution >= 0.6 is 0 Å². The molecule has 1 unspecified atom stereocenters. The van der Waals surface area contributed by atoms with Crippen molar-refractivity contribution >= 4 is 5.97 Å². The molecule has 1 atom stereocenters. The first-order chi connectivity index (χ1) is 6.70. The van der Waals surface area contributed by atoms with Crippen LogP contribution in [0.2, 0.25) is 0 Å². The van der Waals surface area contributed by atoms with Crippen LogP contribution in [0.5, 0.6) is 5.75 Å². The number of carbonyl (C=O) groups is 1. The SMILES string of the molecule is COc1ccc2c(c1)C(CC(=O)O)C2. The predicted molar refractivity (Wildman–Crippen MR) is 51.7 cm³/mol. The fraction of sp³-hybridized carbons (Fsp3) is 0.364. The fourth-order valence-electron chi connectivity index (χ4n) is 1.90. The summed E-state index contributed by atoms with van der Waals surface area (Å²) in [6.45, 7) is 0. The van der Waals surface area contributed by atoms with Crippen LogP contribution < -0.4 is 4.74 Å². The van der Waals surface area contributed by atoms with E-state index in [1.807, 2.05) is 18.2 Å². The Hall–Kier alpha value is -1.51. The highest BCUT2D eigenvalue weighted by atomic mass is 16.5. The molecule has 2 rings (SSSR count). The summed E-state index contributed by atoms with van der Waals surface area (Å²) in [6, 6.07) is 5.86. The van der Waals surface area contributed by atoms with Gasteiger partial charge in [-0.05, 0) is 35.6 Å². The van der Waals surface area contributed by atoms with E-state index in [4.69, 9.17) is 9.84 Å². The van der Waals surface area contributed by atoms with Gasteiger partial charge >= 0.3 is 5.97 Å². The normalized spacial score (nSPS) is 18.2. The Labute approximate surface area is 82.3 Å². The second-order valence-electron chi connectivity index (χ2n) is 3.56. The number of benzene rings is 1. The topological polar surface area (TPSA) is 46.5 Å². The summed E-state index contributed by atoms with van der Waals surface area (Å²) in [4.78, 5) is 10.5. The van der Waals surface area contributed by atoms with Gasteiger partial charge in [0.2, 0.25) is 0 Å². The maximum absolute atomic E-state index is 10.5. The van der Waals surface area contributed by atoms with Crippen LogP contribution in [0.4, 0.5) is 0 Å². The van der Waals surface area contributed by atoms with Gasteiger partial charge in [0.25, 0.3) is 0 Å². The standard InChI is InChI=1S/C11H12O3/c1-14-9-3-2-7-4-8(5-11(12)13)10(7)6-9/h2-3,6,8H,4-5H2,1H3,(H,12,13). The molecule has 14 heavy (non-hydrogen) atoms. The molecule has 74 valence electrons. The number of carboxylic acid groups (broad SMARTS) is 1. The molecule has 0 saturated heterocycles. The van der Waals surface area contributed by atoms with Gasteiger partial charge < -0.3 is 9.84 Å². The minimum absolute atomic E-state index is 0.178. The quantitative estimate of drug-likeness (QED) is 0.794. The van der Waals surface area contributed by atoms with Crippen molar-refractivity contribution in [3.63, 3.8) is 0 Å². The predicted octanol–water partition coefficient (Wildman–Crippen LogP) is 1.81. The van der Waals surface area contributed by atoms with Crippen LogP contribution in [0, 0.1) is 0 Å². The number of ether oxygens (including phenoxy) is 1. The van der Waals surface area contributed by atoms with Crippen LogP contribution in [-0.2, 0) is 11.2 Å². The molecule has 0 heterocycles. The van der Waals surface area contributed by atoms with Crippen LogP contribution in [0.15, 0.2) is 18.2 Å². The Morgan fingerprint density at radius 3 is 3.07 bits per heavy atom. The molecule has 1 aliphatic rings. The average Bonchev–Trinajstić information content (AvgIpc) is 2.14. The van der Waals surface area contributed by atoms with Gasteiger partial charge in [0.05, 0.1) is 13.5 Å². The van der Waals surface area contributed by atoms with Gasteiger partial charge in [0.15, 0.2) is 0 Å². The molecule has 0 aromatic heterocycles. The van der Waals surface area contributed by atoms with E-state index in [1.165, 1.54) is 5.56 Å². The van der Waals surface area contributed by atoms with Crippen LogP contribution in [0.25, 0.3) is 0 Å². The van der Waals surface area contributed by atoms with E-state index in [0.717, 1.165) is 17.7 Å². The lowest BCUT2D eigenvalue weighted by Gasteiger charge is -2.29. The first-order valence-corrected chi connectivity index (χ1v) is 4.59. The molecule has 1 aliphatic carbocycles. The largest absolute Gasteiger partial charge is 0.497 e. The molecule has 3 heteroatoms. The number of hydrogen-bond acceptors (Lipinski definition) is 2. The zero-order valence-electron chi connectivity index (χ0n) is 7.99. The lowest BCUT2D eigenvalue weighted by Crippen LogP contribution is -2.20.